The molecule has 0 aromatic carbocycles. The first-order chi connectivity index (χ1) is 10.1. The van der Waals surface area contributed by atoms with E-state index in [1.165, 1.54) is 38.5 Å². The van der Waals surface area contributed by atoms with Crippen molar-refractivity contribution in [1.82, 2.24) is 16.0 Å². The minimum atomic E-state index is -0.813. The summed E-state index contributed by atoms with van der Waals surface area (Å²) in [7, 11) is 0. The Morgan fingerprint density at radius 1 is 1.00 bits per heavy atom. The third-order valence-corrected chi connectivity index (χ3v) is 2.97. The number of hydrogen-bond donors (Lipinski definition) is 3. The lowest BCUT2D eigenvalue weighted by Crippen LogP contribution is -2.55. The Hall–Kier alpha value is -1.50. The van der Waals surface area contributed by atoms with Gasteiger partial charge in [-0.1, -0.05) is 51.9 Å². The number of ether oxygens (including phenoxy) is 1. The molecule has 0 fully saturated rings. The molecule has 0 radical (unpaired) electrons. The van der Waals surface area contributed by atoms with Crippen LogP contribution in [0.3, 0.4) is 0 Å². The van der Waals surface area contributed by atoms with Crippen molar-refractivity contribution >= 4 is 12.1 Å². The van der Waals surface area contributed by atoms with Crippen LogP contribution in [0.15, 0.2) is 0 Å². The number of hydrogen-bond acceptors (Lipinski definition) is 4. The van der Waals surface area contributed by atoms with Crippen LogP contribution in [0.4, 0.5) is 9.59 Å². The summed E-state index contributed by atoms with van der Waals surface area (Å²) in [5.74, 6) is 0. The molecule has 3 amide bonds. The number of nitrogens with one attached hydrogen (secondary N) is 2. The number of rotatable bonds is 11. The third kappa shape index (κ3) is 12.0. The molecule has 7 nitrogen and oxygen atoms in total. The number of unbranched alkanes of at least 4 members (excludes halogenated alkanes) is 7. The number of hydrazine groups is 2. The van der Waals surface area contributed by atoms with Gasteiger partial charge in [0.15, 0.2) is 0 Å². The summed E-state index contributed by atoms with van der Waals surface area (Å²) < 4.78 is 4.79. The molecule has 21 heavy (non-hydrogen) atoms. The molecule has 0 aliphatic heterocycles. The molecule has 0 aromatic heterocycles. The van der Waals surface area contributed by atoms with Gasteiger partial charge in [-0.05, 0) is 13.3 Å². The Balaban J connectivity index is 3.68. The average Bonchev–Trinajstić information content (AvgIpc) is 2.44. The molecule has 0 bridgehead atoms. The summed E-state index contributed by atoms with van der Waals surface area (Å²) in [4.78, 5) is 22.3. The number of carbonyl (C=O) groups is 2. The zero-order chi connectivity index (χ0) is 15.9. The molecule has 0 rings (SSSR count). The molecular formula is C14H30N4O3. The van der Waals surface area contributed by atoms with Crippen molar-refractivity contribution in [2.45, 2.75) is 65.2 Å². The highest BCUT2D eigenvalue weighted by atomic mass is 16.6. The molecule has 0 heterocycles. The predicted octanol–water partition coefficient (Wildman–Crippen LogP) is 2.67. The van der Waals surface area contributed by atoms with Crippen LogP contribution in [-0.4, -0.2) is 30.4 Å². The topological polar surface area (TPSA) is 96.7 Å². The second kappa shape index (κ2) is 13.5. The molecule has 0 aliphatic rings. The van der Waals surface area contributed by atoms with Gasteiger partial charge < -0.3 is 10.5 Å². The van der Waals surface area contributed by atoms with Crippen molar-refractivity contribution in [1.29, 1.82) is 0 Å². The van der Waals surface area contributed by atoms with Gasteiger partial charge in [-0.15, -0.1) is 5.12 Å². The highest BCUT2D eigenvalue weighted by Gasteiger charge is 2.15. The van der Waals surface area contributed by atoms with E-state index in [4.69, 9.17) is 10.5 Å². The lowest BCUT2D eigenvalue weighted by atomic mass is 10.1. The van der Waals surface area contributed by atoms with Crippen LogP contribution in [0.25, 0.3) is 0 Å². The van der Waals surface area contributed by atoms with Gasteiger partial charge in [0.1, 0.15) is 0 Å². The van der Waals surface area contributed by atoms with Gasteiger partial charge >= 0.3 is 12.1 Å². The molecular weight excluding hydrogens is 272 g/mol. The third-order valence-electron chi connectivity index (χ3n) is 2.97. The molecule has 7 heteroatoms. The largest absolute Gasteiger partial charge is 0.448 e. The fraction of sp³-hybridized carbons (Fsp3) is 0.857. The van der Waals surface area contributed by atoms with Gasteiger partial charge in [0.2, 0.25) is 0 Å². The lowest BCUT2D eigenvalue weighted by Gasteiger charge is -2.21. The standard InChI is InChI=1S/C14H30N4O3/c1-3-5-6-7-8-9-10-11-12-16-18(17-13(15)19)14(20)21-4-2/h16H,3-12H2,1-2H3,(H3,15,17,19). The summed E-state index contributed by atoms with van der Waals surface area (Å²) in [5, 5.41) is 0.896. The quantitative estimate of drug-likeness (QED) is 0.404. The van der Waals surface area contributed by atoms with E-state index in [1.54, 1.807) is 6.92 Å². The van der Waals surface area contributed by atoms with Crippen LogP contribution < -0.4 is 16.6 Å². The predicted molar refractivity (Wildman–Crippen MR) is 82.2 cm³/mol. The number of nitrogens with zero attached hydrogens (tertiary/aromatic N) is 1. The van der Waals surface area contributed by atoms with E-state index in [0.29, 0.717) is 6.54 Å². The van der Waals surface area contributed by atoms with Crippen LogP contribution in [0, 0.1) is 0 Å². The molecule has 0 aliphatic carbocycles. The Morgan fingerprint density at radius 3 is 2.10 bits per heavy atom. The van der Waals surface area contributed by atoms with Gasteiger partial charge in [-0.25, -0.2) is 20.4 Å². The summed E-state index contributed by atoms with van der Waals surface area (Å²) >= 11 is 0. The van der Waals surface area contributed by atoms with Gasteiger partial charge in [0, 0.05) is 6.54 Å². The van der Waals surface area contributed by atoms with E-state index in [-0.39, 0.29) is 6.61 Å². The van der Waals surface area contributed by atoms with Crippen LogP contribution in [0.2, 0.25) is 0 Å². The monoisotopic (exact) mass is 302 g/mol. The first kappa shape index (κ1) is 19.5. The molecule has 124 valence electrons. The van der Waals surface area contributed by atoms with E-state index >= 15 is 0 Å². The minimum Gasteiger partial charge on any atom is -0.448 e. The van der Waals surface area contributed by atoms with Crippen molar-refractivity contribution in [3.8, 4) is 0 Å². The summed E-state index contributed by atoms with van der Waals surface area (Å²) in [6, 6.07) is -0.813. The van der Waals surface area contributed by atoms with Gasteiger partial charge in [-0.3, -0.25) is 0 Å². The number of amides is 3. The van der Waals surface area contributed by atoms with Gasteiger partial charge in [0.05, 0.1) is 6.61 Å². The van der Waals surface area contributed by atoms with E-state index in [1.807, 2.05) is 0 Å². The Bertz CT molecular complexity index is 287. The number of carbonyl (C=O) groups excluding carboxylic acids is 2. The molecule has 0 unspecified atom stereocenters. The number of nitrogens with two attached hydrogens (primary N) is 1. The highest BCUT2D eigenvalue weighted by molar-refractivity contribution is 5.75. The maximum absolute atomic E-state index is 11.5. The van der Waals surface area contributed by atoms with E-state index in [2.05, 4.69) is 17.8 Å². The minimum absolute atomic E-state index is 0.231. The van der Waals surface area contributed by atoms with Crippen molar-refractivity contribution in [2.24, 2.45) is 5.73 Å². The van der Waals surface area contributed by atoms with Crippen LogP contribution in [0.5, 0.6) is 0 Å². The van der Waals surface area contributed by atoms with E-state index in [0.717, 1.165) is 18.0 Å². The van der Waals surface area contributed by atoms with Crippen LogP contribution >= 0.6 is 0 Å². The smallest absolute Gasteiger partial charge is 0.444 e. The average molecular weight is 302 g/mol. The molecule has 0 aromatic rings. The van der Waals surface area contributed by atoms with Crippen molar-refractivity contribution in [3.63, 3.8) is 0 Å². The number of urea groups is 1. The van der Waals surface area contributed by atoms with Crippen LogP contribution in [0.1, 0.15) is 65.2 Å². The van der Waals surface area contributed by atoms with Crippen molar-refractivity contribution < 1.29 is 14.3 Å². The second-order valence-corrected chi connectivity index (χ2v) is 4.89. The molecule has 0 atom stereocenters. The second-order valence-electron chi connectivity index (χ2n) is 4.89. The van der Waals surface area contributed by atoms with E-state index in [9.17, 15) is 9.59 Å². The lowest BCUT2D eigenvalue weighted by molar-refractivity contribution is 0.0667. The maximum atomic E-state index is 11.5. The SMILES string of the molecule is CCCCCCCCCCNN(NC(N)=O)C(=O)OCC. The first-order valence-electron chi connectivity index (χ1n) is 7.88. The fourth-order valence-electron chi connectivity index (χ4n) is 1.90. The Kier molecular flexibility index (Phi) is 12.5. The summed E-state index contributed by atoms with van der Waals surface area (Å²) in [6.45, 7) is 4.71. The van der Waals surface area contributed by atoms with Crippen molar-refractivity contribution in [2.75, 3.05) is 13.2 Å². The van der Waals surface area contributed by atoms with Crippen LogP contribution in [-0.2, 0) is 4.74 Å². The molecule has 0 saturated carbocycles. The van der Waals surface area contributed by atoms with E-state index < -0.39 is 12.1 Å². The molecule has 4 N–H and O–H groups in total. The Morgan fingerprint density at radius 2 is 1.57 bits per heavy atom. The van der Waals surface area contributed by atoms with Crippen molar-refractivity contribution in [3.05, 3.63) is 0 Å². The highest BCUT2D eigenvalue weighted by Crippen LogP contribution is 2.07. The van der Waals surface area contributed by atoms with Gasteiger partial charge in [-0.2, -0.15) is 0 Å². The number of primary amides is 1. The Labute approximate surface area is 127 Å². The fourth-order valence-corrected chi connectivity index (χ4v) is 1.90. The first-order valence-corrected chi connectivity index (χ1v) is 7.88. The normalized spacial score (nSPS) is 10.2. The zero-order valence-corrected chi connectivity index (χ0v) is 13.3. The summed E-state index contributed by atoms with van der Waals surface area (Å²) in [6.07, 6.45) is 8.96. The van der Waals surface area contributed by atoms with Gasteiger partial charge in [0.25, 0.3) is 0 Å². The summed E-state index contributed by atoms with van der Waals surface area (Å²) in [5.41, 5.74) is 9.97. The maximum Gasteiger partial charge on any atom is 0.444 e. The zero-order valence-electron chi connectivity index (χ0n) is 13.3. The molecule has 0 saturated heterocycles. The molecule has 0 spiro atoms.